The molecule has 0 heterocycles. The Balaban J connectivity index is 0.00000128. The molecule has 0 spiro atoms. The summed E-state index contributed by atoms with van der Waals surface area (Å²) < 4.78 is 25.1. The van der Waals surface area contributed by atoms with Crippen molar-refractivity contribution in [3.63, 3.8) is 0 Å². The van der Waals surface area contributed by atoms with Crippen molar-refractivity contribution in [2.24, 2.45) is 11.7 Å². The lowest BCUT2D eigenvalue weighted by atomic mass is 10.2. The van der Waals surface area contributed by atoms with Crippen LogP contribution in [0.3, 0.4) is 0 Å². The standard InChI is InChI=1S/C9H16N2O3S.2ClH/c1-2-6-5-9(6,10)8(12)11-15(13,14)7-3-4-7;;/h6-7H,2-5,10H2,1H3,(H,11,12);2*1H/t6-,9-;;/m1../s1. The predicted octanol–water partition coefficient (Wildman–Crippen LogP) is 0.566. The SMILES string of the molecule is CC[C@@H]1C[C@]1(N)C(=O)NS(=O)(=O)C1CC1.Cl.Cl. The van der Waals surface area contributed by atoms with Gasteiger partial charge in [0.1, 0.15) is 0 Å². The molecule has 0 aromatic carbocycles. The van der Waals surface area contributed by atoms with Gasteiger partial charge in [-0.3, -0.25) is 9.52 Å². The second kappa shape index (κ2) is 5.30. The second-order valence-corrected chi connectivity index (χ2v) is 6.49. The van der Waals surface area contributed by atoms with E-state index in [1.807, 2.05) is 6.92 Å². The van der Waals surface area contributed by atoms with Gasteiger partial charge < -0.3 is 5.73 Å². The van der Waals surface area contributed by atoms with Gasteiger partial charge in [-0.15, -0.1) is 24.8 Å². The van der Waals surface area contributed by atoms with Crippen LogP contribution in [0.4, 0.5) is 0 Å². The van der Waals surface area contributed by atoms with Crippen molar-refractivity contribution < 1.29 is 13.2 Å². The van der Waals surface area contributed by atoms with Gasteiger partial charge in [-0.2, -0.15) is 0 Å². The third-order valence-electron chi connectivity index (χ3n) is 3.27. The molecule has 0 unspecified atom stereocenters. The molecule has 0 aromatic heterocycles. The molecule has 0 radical (unpaired) electrons. The average Bonchev–Trinajstić information content (AvgIpc) is 2.97. The summed E-state index contributed by atoms with van der Waals surface area (Å²) in [6.45, 7) is 1.95. The van der Waals surface area contributed by atoms with Crippen molar-refractivity contribution in [1.82, 2.24) is 4.72 Å². The lowest BCUT2D eigenvalue weighted by Gasteiger charge is -2.11. The van der Waals surface area contributed by atoms with E-state index in [0.29, 0.717) is 19.3 Å². The van der Waals surface area contributed by atoms with Gasteiger partial charge in [0.15, 0.2) is 0 Å². The first-order valence-corrected chi connectivity index (χ1v) is 6.79. The summed E-state index contributed by atoms with van der Waals surface area (Å²) in [5.41, 5.74) is 4.86. The summed E-state index contributed by atoms with van der Waals surface area (Å²) >= 11 is 0. The van der Waals surface area contributed by atoms with Gasteiger partial charge in [0.25, 0.3) is 5.91 Å². The van der Waals surface area contributed by atoms with E-state index < -0.39 is 21.5 Å². The van der Waals surface area contributed by atoms with Crippen LogP contribution in [-0.2, 0) is 14.8 Å². The van der Waals surface area contributed by atoms with E-state index in [9.17, 15) is 13.2 Å². The average molecular weight is 305 g/mol. The summed E-state index contributed by atoms with van der Waals surface area (Å²) in [6.07, 6.45) is 2.71. The highest BCUT2D eigenvalue weighted by Crippen LogP contribution is 2.43. The van der Waals surface area contributed by atoms with Crippen LogP contribution >= 0.6 is 24.8 Å². The van der Waals surface area contributed by atoms with Crippen LogP contribution in [0.1, 0.15) is 32.6 Å². The maximum atomic E-state index is 11.6. The van der Waals surface area contributed by atoms with E-state index in [-0.39, 0.29) is 36.0 Å². The molecular weight excluding hydrogens is 287 g/mol. The third-order valence-corrected chi connectivity index (χ3v) is 5.09. The highest BCUT2D eigenvalue weighted by atomic mass is 35.5. The number of halogens is 2. The molecule has 2 fully saturated rings. The number of nitrogens with two attached hydrogens (primary N) is 1. The zero-order valence-corrected chi connectivity index (χ0v) is 12.0. The van der Waals surface area contributed by atoms with Crippen molar-refractivity contribution in [3.8, 4) is 0 Å². The molecule has 2 aliphatic rings. The summed E-state index contributed by atoms with van der Waals surface area (Å²) in [7, 11) is -3.44. The van der Waals surface area contributed by atoms with Crippen molar-refractivity contribution >= 4 is 40.7 Å². The Morgan fingerprint density at radius 3 is 2.29 bits per heavy atom. The third kappa shape index (κ3) is 3.24. The lowest BCUT2D eigenvalue weighted by Crippen LogP contribution is -2.47. The quantitative estimate of drug-likeness (QED) is 0.794. The summed E-state index contributed by atoms with van der Waals surface area (Å²) in [4.78, 5) is 11.6. The fourth-order valence-electron chi connectivity index (χ4n) is 1.82. The van der Waals surface area contributed by atoms with Crippen LogP contribution in [0.5, 0.6) is 0 Å². The molecule has 0 aromatic rings. The number of hydrogen-bond acceptors (Lipinski definition) is 4. The second-order valence-electron chi connectivity index (χ2n) is 4.53. The first kappa shape index (κ1) is 17.0. The first-order chi connectivity index (χ1) is 6.90. The van der Waals surface area contributed by atoms with Crippen molar-refractivity contribution in [1.29, 1.82) is 0 Å². The molecule has 2 saturated carbocycles. The Labute approximate surface area is 114 Å². The lowest BCUT2D eigenvalue weighted by molar-refractivity contribution is -0.121. The summed E-state index contributed by atoms with van der Waals surface area (Å²) in [5, 5.41) is -0.371. The molecule has 0 saturated heterocycles. The van der Waals surface area contributed by atoms with Crippen LogP contribution in [0.25, 0.3) is 0 Å². The number of carbonyl (C=O) groups excluding carboxylic acids is 1. The number of rotatable bonds is 4. The summed E-state index contributed by atoms with van der Waals surface area (Å²) in [6, 6.07) is 0. The van der Waals surface area contributed by atoms with Gasteiger partial charge in [-0.25, -0.2) is 8.42 Å². The summed E-state index contributed by atoms with van der Waals surface area (Å²) in [5.74, 6) is -0.395. The topological polar surface area (TPSA) is 89.3 Å². The van der Waals surface area contributed by atoms with Crippen molar-refractivity contribution in [2.45, 2.75) is 43.4 Å². The number of amides is 1. The predicted molar refractivity (Wildman–Crippen MR) is 69.9 cm³/mol. The van der Waals surface area contributed by atoms with Crippen LogP contribution in [0, 0.1) is 5.92 Å². The van der Waals surface area contributed by atoms with Gasteiger partial charge >= 0.3 is 0 Å². The minimum Gasteiger partial charge on any atom is -0.317 e. The molecule has 0 bridgehead atoms. The van der Waals surface area contributed by atoms with Crippen LogP contribution < -0.4 is 10.5 Å². The number of nitrogens with one attached hydrogen (secondary N) is 1. The maximum absolute atomic E-state index is 11.6. The van der Waals surface area contributed by atoms with Crippen LogP contribution in [0.15, 0.2) is 0 Å². The van der Waals surface area contributed by atoms with Gasteiger partial charge in [-0.05, 0) is 25.2 Å². The molecule has 0 aliphatic heterocycles. The van der Waals surface area contributed by atoms with E-state index in [2.05, 4.69) is 4.72 Å². The maximum Gasteiger partial charge on any atom is 0.253 e. The fraction of sp³-hybridized carbons (Fsp3) is 0.889. The zero-order valence-electron chi connectivity index (χ0n) is 9.51. The molecular formula is C9H18Cl2N2O3S. The number of hydrogen-bond donors (Lipinski definition) is 2. The monoisotopic (exact) mass is 304 g/mol. The largest absolute Gasteiger partial charge is 0.317 e. The smallest absolute Gasteiger partial charge is 0.253 e. The Kier molecular flexibility index (Phi) is 5.29. The van der Waals surface area contributed by atoms with E-state index in [4.69, 9.17) is 5.73 Å². The molecule has 2 rings (SSSR count). The Bertz CT molecular complexity index is 397. The van der Waals surface area contributed by atoms with Crippen LogP contribution in [0.2, 0.25) is 0 Å². The molecule has 1 amide bonds. The highest BCUT2D eigenvalue weighted by Gasteiger charge is 2.57. The molecule has 8 heteroatoms. The minimum absolute atomic E-state index is 0. The van der Waals surface area contributed by atoms with Gasteiger partial charge in [0, 0.05) is 0 Å². The number of carbonyl (C=O) groups is 1. The molecule has 17 heavy (non-hydrogen) atoms. The Morgan fingerprint density at radius 1 is 1.41 bits per heavy atom. The Morgan fingerprint density at radius 2 is 1.94 bits per heavy atom. The van der Waals surface area contributed by atoms with E-state index in [1.165, 1.54) is 0 Å². The number of sulfonamides is 1. The molecule has 3 N–H and O–H groups in total. The van der Waals surface area contributed by atoms with Crippen molar-refractivity contribution in [2.75, 3.05) is 0 Å². The van der Waals surface area contributed by atoms with Gasteiger partial charge in [-0.1, -0.05) is 13.3 Å². The van der Waals surface area contributed by atoms with E-state index in [0.717, 1.165) is 6.42 Å². The highest BCUT2D eigenvalue weighted by molar-refractivity contribution is 7.90. The molecule has 102 valence electrons. The van der Waals surface area contributed by atoms with Crippen LogP contribution in [-0.4, -0.2) is 25.1 Å². The first-order valence-electron chi connectivity index (χ1n) is 5.25. The molecule has 2 aliphatic carbocycles. The molecule has 2 atom stereocenters. The Hall–Kier alpha value is -0.0400. The van der Waals surface area contributed by atoms with Gasteiger partial charge in [0.05, 0.1) is 10.8 Å². The van der Waals surface area contributed by atoms with Gasteiger partial charge in [0.2, 0.25) is 10.0 Å². The molecule has 5 nitrogen and oxygen atoms in total. The normalized spacial score (nSPS) is 30.8. The fourth-order valence-corrected chi connectivity index (χ4v) is 3.19. The van der Waals surface area contributed by atoms with E-state index in [1.54, 1.807) is 0 Å². The zero-order chi connectivity index (χ0) is 11.3. The van der Waals surface area contributed by atoms with E-state index >= 15 is 0 Å². The minimum atomic E-state index is -3.44. The van der Waals surface area contributed by atoms with Crippen molar-refractivity contribution in [3.05, 3.63) is 0 Å².